The van der Waals surface area contributed by atoms with Crippen molar-refractivity contribution in [3.63, 3.8) is 0 Å². The normalized spacial score (nSPS) is 13.0. The van der Waals surface area contributed by atoms with Crippen molar-refractivity contribution in [3.8, 4) is 0 Å². The molecule has 1 aromatic carbocycles. The molecule has 3 aromatic rings. The number of anilines is 1. The van der Waals surface area contributed by atoms with Gasteiger partial charge in [-0.25, -0.2) is 9.97 Å². The van der Waals surface area contributed by atoms with E-state index in [1.165, 1.54) is 34.1 Å². The van der Waals surface area contributed by atoms with Gasteiger partial charge in [-0.1, -0.05) is 18.2 Å². The molecule has 0 radical (unpaired) electrons. The fourth-order valence-electron chi connectivity index (χ4n) is 4.00. The summed E-state index contributed by atoms with van der Waals surface area (Å²) in [4.78, 5) is 20.7. The molecule has 3 heterocycles. The van der Waals surface area contributed by atoms with E-state index in [2.05, 4.69) is 50.3 Å². The van der Waals surface area contributed by atoms with Gasteiger partial charge in [-0.3, -0.25) is 4.79 Å². The predicted octanol–water partition coefficient (Wildman–Crippen LogP) is 3.09. The van der Waals surface area contributed by atoms with E-state index in [0.717, 1.165) is 25.9 Å². The third-order valence-corrected chi connectivity index (χ3v) is 5.29. The van der Waals surface area contributed by atoms with E-state index in [-0.39, 0.29) is 5.91 Å². The third kappa shape index (κ3) is 3.27. The van der Waals surface area contributed by atoms with Gasteiger partial charge in [-0.2, -0.15) is 0 Å². The Labute approximate surface area is 159 Å². The maximum atomic E-state index is 12.4. The molecule has 0 aliphatic carbocycles. The number of carbonyl (C=O) groups is 1. The molecule has 0 fully saturated rings. The first-order valence-electron chi connectivity index (χ1n) is 9.62. The molecule has 1 aliphatic heterocycles. The number of carbonyl (C=O) groups excluding carboxylic acids is 1. The third-order valence-electron chi connectivity index (χ3n) is 5.29. The summed E-state index contributed by atoms with van der Waals surface area (Å²) in [6, 6.07) is 6.59. The Hall–Kier alpha value is -2.89. The molecule has 6 heteroatoms. The van der Waals surface area contributed by atoms with Gasteiger partial charge in [0.2, 0.25) is 5.95 Å². The first-order chi connectivity index (χ1) is 13.2. The first-order valence-corrected chi connectivity index (χ1v) is 9.62. The van der Waals surface area contributed by atoms with Gasteiger partial charge >= 0.3 is 0 Å². The number of nitrogens with zero attached hydrogens (tertiary/aromatic N) is 3. The molecule has 2 aromatic heterocycles. The Bertz CT molecular complexity index is 974. The standard InChI is InChI=1S/C21H25N5O/c1-3-22-21-24-12-16(13-25-21)20(27)23-10-9-17-14(2)26-11-5-7-15-6-4-8-18(17)19(15)26/h4,6,8,12-13H,3,5,7,9-11H2,1-2H3,(H,23,27)(H,22,24,25). The van der Waals surface area contributed by atoms with Crippen LogP contribution in [0.15, 0.2) is 30.6 Å². The molecule has 0 saturated heterocycles. The summed E-state index contributed by atoms with van der Waals surface area (Å²) in [5.74, 6) is 0.406. The quantitative estimate of drug-likeness (QED) is 0.706. The highest BCUT2D eigenvalue weighted by Gasteiger charge is 2.19. The Kier molecular flexibility index (Phi) is 4.79. The Morgan fingerprint density at radius 2 is 2.07 bits per heavy atom. The van der Waals surface area contributed by atoms with E-state index < -0.39 is 0 Å². The second kappa shape index (κ2) is 7.39. The number of para-hydroxylation sites is 1. The van der Waals surface area contributed by atoms with Gasteiger partial charge < -0.3 is 15.2 Å². The summed E-state index contributed by atoms with van der Waals surface area (Å²) >= 11 is 0. The number of aryl methyl sites for hydroxylation is 2. The predicted molar refractivity (Wildman–Crippen MR) is 107 cm³/mol. The second-order valence-electron chi connectivity index (χ2n) is 6.96. The average Bonchev–Trinajstić information content (AvgIpc) is 2.97. The van der Waals surface area contributed by atoms with Crippen LogP contribution in [-0.2, 0) is 19.4 Å². The van der Waals surface area contributed by atoms with Crippen molar-refractivity contribution in [2.24, 2.45) is 0 Å². The highest BCUT2D eigenvalue weighted by molar-refractivity contribution is 5.93. The zero-order valence-electron chi connectivity index (χ0n) is 15.9. The molecule has 140 valence electrons. The van der Waals surface area contributed by atoms with E-state index in [9.17, 15) is 4.79 Å². The summed E-state index contributed by atoms with van der Waals surface area (Å²) in [5.41, 5.74) is 5.97. The average molecular weight is 363 g/mol. The van der Waals surface area contributed by atoms with Crippen LogP contribution in [0, 0.1) is 6.92 Å². The van der Waals surface area contributed by atoms with Crippen molar-refractivity contribution >= 4 is 22.8 Å². The topological polar surface area (TPSA) is 71.8 Å². The maximum Gasteiger partial charge on any atom is 0.254 e. The number of nitrogens with one attached hydrogen (secondary N) is 2. The molecule has 1 amide bonds. The number of amides is 1. The highest BCUT2D eigenvalue weighted by Crippen LogP contribution is 2.32. The Balaban J connectivity index is 1.46. The minimum Gasteiger partial charge on any atom is -0.355 e. The summed E-state index contributed by atoms with van der Waals surface area (Å²) in [6.45, 7) is 6.60. The zero-order valence-corrected chi connectivity index (χ0v) is 15.9. The van der Waals surface area contributed by atoms with Crippen molar-refractivity contribution in [1.82, 2.24) is 19.9 Å². The zero-order chi connectivity index (χ0) is 18.8. The lowest BCUT2D eigenvalue weighted by Gasteiger charge is -2.16. The van der Waals surface area contributed by atoms with Crippen LogP contribution in [0.4, 0.5) is 5.95 Å². The minimum absolute atomic E-state index is 0.135. The number of rotatable bonds is 6. The molecule has 6 nitrogen and oxygen atoms in total. The fourth-order valence-corrected chi connectivity index (χ4v) is 4.00. The molecule has 0 bridgehead atoms. The lowest BCUT2D eigenvalue weighted by atomic mass is 10.0. The first kappa shape index (κ1) is 17.5. The number of benzene rings is 1. The van der Waals surface area contributed by atoms with Gasteiger partial charge in [-0.05, 0) is 44.2 Å². The van der Waals surface area contributed by atoms with Gasteiger partial charge in [0.15, 0.2) is 0 Å². The smallest absolute Gasteiger partial charge is 0.254 e. The Morgan fingerprint density at radius 1 is 1.26 bits per heavy atom. The molecule has 0 spiro atoms. The van der Waals surface area contributed by atoms with Crippen LogP contribution in [0.5, 0.6) is 0 Å². The summed E-state index contributed by atoms with van der Waals surface area (Å²) in [6.07, 6.45) is 6.29. The van der Waals surface area contributed by atoms with Crippen molar-refractivity contribution in [2.75, 3.05) is 18.4 Å². The van der Waals surface area contributed by atoms with Crippen molar-refractivity contribution in [2.45, 2.75) is 39.7 Å². The maximum absolute atomic E-state index is 12.4. The van der Waals surface area contributed by atoms with Crippen LogP contribution in [0.3, 0.4) is 0 Å². The van der Waals surface area contributed by atoms with Gasteiger partial charge in [0.25, 0.3) is 5.91 Å². The molecular formula is C21H25N5O. The molecule has 2 N–H and O–H groups in total. The van der Waals surface area contributed by atoms with Crippen molar-refractivity contribution in [3.05, 3.63) is 53.0 Å². The fraction of sp³-hybridized carbons (Fsp3) is 0.381. The molecule has 1 aliphatic rings. The van der Waals surface area contributed by atoms with Crippen molar-refractivity contribution in [1.29, 1.82) is 0 Å². The molecule has 0 atom stereocenters. The van der Waals surface area contributed by atoms with E-state index >= 15 is 0 Å². The molecule has 0 unspecified atom stereocenters. The minimum atomic E-state index is -0.135. The van der Waals surface area contributed by atoms with Gasteiger partial charge in [0, 0.05) is 43.1 Å². The largest absolute Gasteiger partial charge is 0.355 e. The SMILES string of the molecule is CCNc1ncc(C(=O)NCCc2c(C)n3c4c(cccc24)CCC3)cn1. The highest BCUT2D eigenvalue weighted by atomic mass is 16.1. The summed E-state index contributed by atoms with van der Waals surface area (Å²) in [5, 5.41) is 7.35. The van der Waals surface area contributed by atoms with Crippen LogP contribution in [0.25, 0.3) is 10.9 Å². The summed E-state index contributed by atoms with van der Waals surface area (Å²) < 4.78 is 2.44. The van der Waals surface area contributed by atoms with E-state index in [1.807, 2.05) is 6.92 Å². The number of aromatic nitrogens is 3. The monoisotopic (exact) mass is 363 g/mol. The van der Waals surface area contributed by atoms with Crippen LogP contribution in [0.2, 0.25) is 0 Å². The van der Waals surface area contributed by atoms with Crippen LogP contribution >= 0.6 is 0 Å². The second-order valence-corrected chi connectivity index (χ2v) is 6.96. The lowest BCUT2D eigenvalue weighted by molar-refractivity contribution is 0.0953. The molecular weight excluding hydrogens is 338 g/mol. The van der Waals surface area contributed by atoms with Crippen LogP contribution in [0.1, 0.15) is 40.5 Å². The molecule has 4 rings (SSSR count). The van der Waals surface area contributed by atoms with Crippen molar-refractivity contribution < 1.29 is 4.79 Å². The summed E-state index contributed by atoms with van der Waals surface area (Å²) in [7, 11) is 0. The number of hydrogen-bond donors (Lipinski definition) is 2. The van der Waals surface area contributed by atoms with Gasteiger partial charge in [0.1, 0.15) is 0 Å². The number of hydrogen-bond acceptors (Lipinski definition) is 4. The lowest BCUT2D eigenvalue weighted by Crippen LogP contribution is -2.26. The van der Waals surface area contributed by atoms with Gasteiger partial charge in [0.05, 0.1) is 11.1 Å². The molecule has 0 saturated carbocycles. The van der Waals surface area contributed by atoms with Gasteiger partial charge in [-0.15, -0.1) is 0 Å². The van der Waals surface area contributed by atoms with E-state index in [1.54, 1.807) is 12.4 Å². The molecule has 27 heavy (non-hydrogen) atoms. The van der Waals surface area contributed by atoms with E-state index in [0.29, 0.717) is 18.1 Å². The van der Waals surface area contributed by atoms with Crippen LogP contribution in [-0.4, -0.2) is 33.5 Å². The Morgan fingerprint density at radius 3 is 2.85 bits per heavy atom. The van der Waals surface area contributed by atoms with E-state index in [4.69, 9.17) is 0 Å². The van der Waals surface area contributed by atoms with Crippen LogP contribution < -0.4 is 10.6 Å².